The smallest absolute Gasteiger partial charge is 0.211 e. The first-order valence-electron chi connectivity index (χ1n) is 9.17. The lowest BCUT2D eigenvalue weighted by Gasteiger charge is -2.34. The highest BCUT2D eigenvalue weighted by molar-refractivity contribution is 7.88. The van der Waals surface area contributed by atoms with Crippen LogP contribution in [0, 0.1) is 0 Å². The van der Waals surface area contributed by atoms with Crippen molar-refractivity contribution in [1.29, 1.82) is 0 Å². The number of hydrogen-bond acceptors (Lipinski definition) is 5. The van der Waals surface area contributed by atoms with E-state index < -0.39 is 10.0 Å². The lowest BCUT2D eigenvalue weighted by molar-refractivity contribution is 0.390. The van der Waals surface area contributed by atoms with E-state index in [0.717, 1.165) is 54.4 Å². The van der Waals surface area contributed by atoms with Gasteiger partial charge in [0, 0.05) is 43.7 Å². The second kappa shape index (κ2) is 6.96. The molecular formula is C19H24N4O2S. The van der Waals surface area contributed by atoms with Crippen LogP contribution < -0.4 is 4.90 Å². The highest BCUT2D eigenvalue weighted by Gasteiger charge is 2.29. The van der Waals surface area contributed by atoms with Crippen molar-refractivity contribution in [1.82, 2.24) is 14.3 Å². The second-order valence-electron chi connectivity index (χ2n) is 7.06. The molecule has 0 bridgehead atoms. The summed E-state index contributed by atoms with van der Waals surface area (Å²) in [5, 5.41) is 0. The highest BCUT2D eigenvalue weighted by Crippen LogP contribution is 2.31. The van der Waals surface area contributed by atoms with Crippen molar-refractivity contribution in [3.63, 3.8) is 0 Å². The molecule has 2 aliphatic rings. The zero-order chi connectivity index (χ0) is 18.1. The van der Waals surface area contributed by atoms with Crippen LogP contribution >= 0.6 is 0 Å². The Morgan fingerprint density at radius 3 is 2.38 bits per heavy atom. The molecule has 4 rings (SSSR count). The molecule has 7 heteroatoms. The Hall–Kier alpha value is -1.99. The van der Waals surface area contributed by atoms with Crippen LogP contribution in [0.15, 0.2) is 30.3 Å². The van der Waals surface area contributed by atoms with Crippen molar-refractivity contribution in [2.45, 2.75) is 32.2 Å². The van der Waals surface area contributed by atoms with Crippen LogP contribution in [0.2, 0.25) is 0 Å². The average molecular weight is 372 g/mol. The van der Waals surface area contributed by atoms with Gasteiger partial charge in [0.25, 0.3) is 0 Å². The molecule has 138 valence electrons. The first-order valence-corrected chi connectivity index (χ1v) is 11.0. The third kappa shape index (κ3) is 3.46. The fourth-order valence-corrected chi connectivity index (χ4v) is 4.53. The van der Waals surface area contributed by atoms with E-state index in [1.165, 1.54) is 17.0 Å². The molecule has 0 aliphatic carbocycles. The fourth-order valence-electron chi connectivity index (χ4n) is 3.74. The zero-order valence-electron chi connectivity index (χ0n) is 15.1. The average Bonchev–Trinajstić information content (AvgIpc) is 2.67. The molecule has 3 heterocycles. The van der Waals surface area contributed by atoms with Gasteiger partial charge >= 0.3 is 0 Å². The summed E-state index contributed by atoms with van der Waals surface area (Å²) in [5.74, 6) is 1.65. The topological polar surface area (TPSA) is 66.4 Å². The van der Waals surface area contributed by atoms with E-state index in [4.69, 9.17) is 9.97 Å². The summed E-state index contributed by atoms with van der Waals surface area (Å²) >= 11 is 0. The molecule has 1 saturated heterocycles. The molecule has 2 aromatic rings. The van der Waals surface area contributed by atoms with Crippen LogP contribution in [-0.4, -0.2) is 48.6 Å². The van der Waals surface area contributed by atoms with Crippen molar-refractivity contribution in [2.24, 2.45) is 0 Å². The standard InChI is InChI=1S/C19H24N4O2S/c1-26(24,25)23-13-10-17-16(14-23)19(22-11-6-3-7-12-22)21-18(20-17)15-8-4-2-5-9-15/h2,4-5,8-9H,3,6-7,10-14H2,1H3. The van der Waals surface area contributed by atoms with Crippen molar-refractivity contribution in [3.05, 3.63) is 41.6 Å². The Kier molecular flexibility index (Phi) is 4.67. The molecule has 2 aliphatic heterocycles. The van der Waals surface area contributed by atoms with E-state index in [1.54, 1.807) is 0 Å². The van der Waals surface area contributed by atoms with Gasteiger partial charge in [-0.3, -0.25) is 0 Å². The maximum atomic E-state index is 12.0. The Labute approximate surface area is 154 Å². The van der Waals surface area contributed by atoms with Gasteiger partial charge in [0.05, 0.1) is 11.9 Å². The predicted octanol–water partition coefficient (Wildman–Crippen LogP) is 2.45. The predicted molar refractivity (Wildman–Crippen MR) is 102 cm³/mol. The van der Waals surface area contributed by atoms with Gasteiger partial charge in [0.15, 0.2) is 5.82 Å². The van der Waals surface area contributed by atoms with Crippen molar-refractivity contribution < 1.29 is 8.42 Å². The van der Waals surface area contributed by atoms with Crippen LogP contribution in [0.5, 0.6) is 0 Å². The third-order valence-corrected chi connectivity index (χ3v) is 6.41. The quantitative estimate of drug-likeness (QED) is 0.828. The van der Waals surface area contributed by atoms with Gasteiger partial charge in [-0.25, -0.2) is 18.4 Å². The zero-order valence-corrected chi connectivity index (χ0v) is 15.9. The van der Waals surface area contributed by atoms with Crippen LogP contribution in [0.25, 0.3) is 11.4 Å². The van der Waals surface area contributed by atoms with Crippen LogP contribution in [0.1, 0.15) is 30.5 Å². The molecule has 0 unspecified atom stereocenters. The summed E-state index contributed by atoms with van der Waals surface area (Å²) < 4.78 is 25.6. The highest BCUT2D eigenvalue weighted by atomic mass is 32.2. The summed E-state index contributed by atoms with van der Waals surface area (Å²) in [5.41, 5.74) is 2.96. The van der Waals surface area contributed by atoms with Gasteiger partial charge in [0.2, 0.25) is 10.0 Å². The van der Waals surface area contributed by atoms with Gasteiger partial charge < -0.3 is 4.90 Å². The maximum Gasteiger partial charge on any atom is 0.211 e. The molecule has 26 heavy (non-hydrogen) atoms. The minimum absolute atomic E-state index is 0.370. The second-order valence-corrected chi connectivity index (χ2v) is 9.04. The van der Waals surface area contributed by atoms with Crippen LogP contribution in [0.3, 0.4) is 0 Å². The van der Waals surface area contributed by atoms with Crippen molar-refractivity contribution >= 4 is 15.8 Å². The van der Waals surface area contributed by atoms with Crippen molar-refractivity contribution in [2.75, 3.05) is 30.8 Å². The van der Waals surface area contributed by atoms with E-state index in [-0.39, 0.29) is 0 Å². The molecule has 0 spiro atoms. The Bertz CT molecular complexity index is 893. The minimum atomic E-state index is -3.22. The van der Waals surface area contributed by atoms with Gasteiger partial charge in [0.1, 0.15) is 5.82 Å². The third-order valence-electron chi connectivity index (χ3n) is 5.16. The molecule has 1 aromatic heterocycles. The molecular weight excluding hydrogens is 348 g/mol. The van der Waals surface area contributed by atoms with Gasteiger partial charge in [-0.05, 0) is 19.3 Å². The minimum Gasteiger partial charge on any atom is -0.356 e. The number of piperidine rings is 1. The Morgan fingerprint density at radius 1 is 0.962 bits per heavy atom. The number of anilines is 1. The fraction of sp³-hybridized carbons (Fsp3) is 0.474. The largest absolute Gasteiger partial charge is 0.356 e. The summed E-state index contributed by atoms with van der Waals surface area (Å²) in [6, 6.07) is 10.0. The first-order chi connectivity index (χ1) is 12.5. The van der Waals surface area contributed by atoms with Crippen LogP contribution in [-0.2, 0) is 23.0 Å². The van der Waals surface area contributed by atoms with Gasteiger partial charge in [-0.15, -0.1) is 0 Å². The maximum absolute atomic E-state index is 12.0. The molecule has 0 amide bonds. The molecule has 1 aromatic carbocycles. The molecule has 0 radical (unpaired) electrons. The number of hydrogen-bond donors (Lipinski definition) is 0. The van der Waals surface area contributed by atoms with E-state index in [9.17, 15) is 8.42 Å². The lowest BCUT2D eigenvalue weighted by atomic mass is 10.0. The van der Waals surface area contributed by atoms with Crippen LogP contribution in [0.4, 0.5) is 5.82 Å². The molecule has 0 saturated carbocycles. The van der Waals surface area contributed by atoms with Gasteiger partial charge in [-0.1, -0.05) is 30.3 Å². The number of nitrogens with zero attached hydrogens (tertiary/aromatic N) is 4. The van der Waals surface area contributed by atoms with Gasteiger partial charge in [-0.2, -0.15) is 4.31 Å². The summed E-state index contributed by atoms with van der Waals surface area (Å²) in [6.45, 7) is 2.79. The molecule has 1 fully saturated rings. The molecule has 6 nitrogen and oxygen atoms in total. The van der Waals surface area contributed by atoms with E-state index in [1.807, 2.05) is 30.3 Å². The number of aromatic nitrogens is 2. The number of sulfonamides is 1. The summed E-state index contributed by atoms with van der Waals surface area (Å²) in [7, 11) is -3.22. The first kappa shape index (κ1) is 17.4. The van der Waals surface area contributed by atoms with E-state index in [2.05, 4.69) is 4.90 Å². The normalized spacial score (nSPS) is 18.6. The summed E-state index contributed by atoms with van der Waals surface area (Å²) in [6.07, 6.45) is 5.44. The SMILES string of the molecule is CS(=O)(=O)N1CCc2nc(-c3ccccc3)nc(N3CCCCC3)c2C1. The summed E-state index contributed by atoms with van der Waals surface area (Å²) in [4.78, 5) is 12.0. The Morgan fingerprint density at radius 2 is 1.69 bits per heavy atom. The number of rotatable bonds is 3. The lowest BCUT2D eigenvalue weighted by Crippen LogP contribution is -2.38. The monoisotopic (exact) mass is 372 g/mol. The Balaban J connectivity index is 1.80. The molecule has 0 atom stereocenters. The van der Waals surface area contributed by atoms with E-state index in [0.29, 0.717) is 19.5 Å². The van der Waals surface area contributed by atoms with Crippen molar-refractivity contribution in [3.8, 4) is 11.4 Å². The number of fused-ring (bicyclic) bond motifs is 1. The van der Waals surface area contributed by atoms with E-state index >= 15 is 0 Å². The number of benzene rings is 1. The molecule has 0 N–H and O–H groups in total.